The van der Waals surface area contributed by atoms with Crippen molar-refractivity contribution in [3.8, 4) is 0 Å². The van der Waals surface area contributed by atoms with Crippen molar-refractivity contribution in [2.75, 3.05) is 13.2 Å². The summed E-state index contributed by atoms with van der Waals surface area (Å²) in [6.07, 6.45) is 8.35. The maximum Gasteiger partial charge on any atom is 0.334 e. The first kappa shape index (κ1) is 21.0. The van der Waals surface area contributed by atoms with Gasteiger partial charge in [-0.2, -0.15) is 0 Å². The van der Waals surface area contributed by atoms with Crippen molar-refractivity contribution in [2.24, 2.45) is 23.7 Å². The van der Waals surface area contributed by atoms with Crippen LogP contribution in [0.2, 0.25) is 0 Å². The van der Waals surface area contributed by atoms with E-state index in [1.165, 1.54) is 0 Å². The van der Waals surface area contributed by atoms with Crippen LogP contribution in [0, 0.1) is 23.7 Å². The number of hydrogen-bond donors (Lipinski definition) is 0. The molecule has 2 fully saturated rings. The van der Waals surface area contributed by atoms with Crippen LogP contribution in [0.3, 0.4) is 0 Å². The number of carbonyl (C=O) groups is 2. The van der Waals surface area contributed by atoms with E-state index < -0.39 is 0 Å². The van der Waals surface area contributed by atoms with Gasteiger partial charge < -0.3 is 9.47 Å². The molecule has 2 aliphatic rings. The summed E-state index contributed by atoms with van der Waals surface area (Å²) < 4.78 is 11.2. The summed E-state index contributed by atoms with van der Waals surface area (Å²) in [7, 11) is 0. The van der Waals surface area contributed by atoms with Crippen LogP contribution in [0.1, 0.15) is 79.1 Å². The lowest BCUT2D eigenvalue weighted by Crippen LogP contribution is -2.26. The van der Waals surface area contributed by atoms with Gasteiger partial charge in [-0.25, -0.2) is 9.59 Å². The Morgan fingerprint density at radius 1 is 0.692 bits per heavy atom. The van der Waals surface area contributed by atoms with Gasteiger partial charge in [-0.3, -0.25) is 0 Å². The van der Waals surface area contributed by atoms with Gasteiger partial charge in [-0.05, 0) is 49.4 Å². The van der Waals surface area contributed by atoms with Gasteiger partial charge in [0.1, 0.15) is 0 Å². The molecule has 0 atom stereocenters. The molecule has 4 heteroatoms. The molecule has 26 heavy (non-hydrogen) atoms. The van der Waals surface area contributed by atoms with Crippen LogP contribution in [0.25, 0.3) is 0 Å². The monoisotopic (exact) mass is 364 g/mol. The molecular weight excluding hydrogens is 328 g/mol. The van der Waals surface area contributed by atoms with E-state index in [9.17, 15) is 9.59 Å². The second-order valence-electron chi connectivity index (χ2n) is 8.77. The number of esters is 2. The molecule has 0 amide bonds. The van der Waals surface area contributed by atoms with E-state index >= 15 is 0 Å². The Morgan fingerprint density at radius 3 is 1.27 bits per heavy atom. The molecule has 0 aromatic rings. The number of hydrogen-bond acceptors (Lipinski definition) is 4. The molecule has 0 aromatic carbocycles. The molecule has 0 spiro atoms. The molecule has 2 saturated carbocycles. The van der Waals surface area contributed by atoms with Gasteiger partial charge in [-0.15, -0.1) is 0 Å². The van der Waals surface area contributed by atoms with Gasteiger partial charge in [0.15, 0.2) is 0 Å². The van der Waals surface area contributed by atoms with Crippen molar-refractivity contribution in [1.29, 1.82) is 0 Å². The summed E-state index contributed by atoms with van der Waals surface area (Å²) in [6.45, 7) is 8.91. The molecule has 0 radical (unpaired) electrons. The minimum atomic E-state index is -0.283. The summed E-state index contributed by atoms with van der Waals surface area (Å²) in [6, 6.07) is 0. The summed E-state index contributed by atoms with van der Waals surface area (Å²) in [5.74, 6) is 0.301. The first-order chi connectivity index (χ1) is 12.4. The standard InChI is InChI=1S/C22H36O4/c1-15(2)13-25-21(23)19(17-9-5-6-10-17)20(18-11-7-8-12-18)22(24)26-14-16(3)4/h15-18H,5-14H2,1-4H3/b20-19-. The minimum absolute atomic E-state index is 0.150. The largest absolute Gasteiger partial charge is 0.462 e. The van der Waals surface area contributed by atoms with Crippen LogP contribution in [-0.2, 0) is 19.1 Å². The van der Waals surface area contributed by atoms with Crippen LogP contribution in [0.5, 0.6) is 0 Å². The quantitative estimate of drug-likeness (QED) is 0.446. The highest BCUT2D eigenvalue weighted by molar-refractivity contribution is 6.01. The zero-order chi connectivity index (χ0) is 19.1. The maximum atomic E-state index is 13.0. The van der Waals surface area contributed by atoms with E-state index in [1.54, 1.807) is 0 Å². The lowest BCUT2D eigenvalue weighted by Gasteiger charge is -2.23. The Balaban J connectivity index is 2.35. The summed E-state index contributed by atoms with van der Waals surface area (Å²) in [5, 5.41) is 0. The van der Waals surface area contributed by atoms with Crippen molar-refractivity contribution in [1.82, 2.24) is 0 Å². The molecule has 148 valence electrons. The fraction of sp³-hybridized carbons (Fsp3) is 0.818. The van der Waals surface area contributed by atoms with Gasteiger partial charge in [0.2, 0.25) is 0 Å². The average Bonchev–Trinajstić information content (AvgIpc) is 3.28. The molecule has 0 N–H and O–H groups in total. The zero-order valence-corrected chi connectivity index (χ0v) is 17.0. The first-order valence-electron chi connectivity index (χ1n) is 10.5. The third kappa shape index (κ3) is 5.85. The van der Waals surface area contributed by atoms with Crippen molar-refractivity contribution < 1.29 is 19.1 Å². The van der Waals surface area contributed by atoms with Gasteiger partial charge in [-0.1, -0.05) is 53.4 Å². The van der Waals surface area contributed by atoms with Crippen molar-refractivity contribution in [3.05, 3.63) is 11.1 Å². The van der Waals surface area contributed by atoms with Crippen molar-refractivity contribution >= 4 is 11.9 Å². The normalized spacial score (nSPS) is 19.9. The minimum Gasteiger partial charge on any atom is -0.462 e. The fourth-order valence-corrected chi connectivity index (χ4v) is 4.06. The zero-order valence-electron chi connectivity index (χ0n) is 17.0. The maximum absolute atomic E-state index is 13.0. The molecule has 0 heterocycles. The fourth-order valence-electron chi connectivity index (χ4n) is 4.06. The Hall–Kier alpha value is -1.32. The summed E-state index contributed by atoms with van der Waals surface area (Å²) in [4.78, 5) is 26.0. The molecular formula is C22H36O4. The van der Waals surface area contributed by atoms with Crippen molar-refractivity contribution in [2.45, 2.75) is 79.1 Å². The van der Waals surface area contributed by atoms with E-state index in [4.69, 9.17) is 9.47 Å². The molecule has 0 unspecified atom stereocenters. The number of carbonyl (C=O) groups excluding carboxylic acids is 2. The van der Waals surface area contributed by atoms with Gasteiger partial charge in [0.05, 0.1) is 24.4 Å². The molecule has 0 saturated heterocycles. The highest BCUT2D eigenvalue weighted by atomic mass is 16.5. The van der Waals surface area contributed by atoms with Crippen LogP contribution < -0.4 is 0 Å². The highest BCUT2D eigenvalue weighted by Crippen LogP contribution is 2.40. The molecule has 2 rings (SSSR count). The van der Waals surface area contributed by atoms with E-state index in [0.717, 1.165) is 51.4 Å². The Morgan fingerprint density at radius 2 is 1.00 bits per heavy atom. The Kier molecular flexibility index (Phi) is 8.17. The second-order valence-corrected chi connectivity index (χ2v) is 8.77. The van der Waals surface area contributed by atoms with Gasteiger partial charge >= 0.3 is 11.9 Å². The topological polar surface area (TPSA) is 52.6 Å². The lowest BCUT2D eigenvalue weighted by atomic mass is 9.85. The van der Waals surface area contributed by atoms with Gasteiger partial charge in [0.25, 0.3) is 0 Å². The lowest BCUT2D eigenvalue weighted by molar-refractivity contribution is -0.144. The van der Waals surface area contributed by atoms with Crippen LogP contribution in [0.15, 0.2) is 11.1 Å². The molecule has 4 nitrogen and oxygen atoms in total. The smallest absolute Gasteiger partial charge is 0.334 e. The first-order valence-corrected chi connectivity index (χ1v) is 10.5. The van der Waals surface area contributed by atoms with Crippen LogP contribution >= 0.6 is 0 Å². The Bertz CT molecular complexity index is 460. The second kappa shape index (κ2) is 10.1. The SMILES string of the molecule is CC(C)COC(=O)/C(=C(\C(=O)OCC(C)C)C1CCCC1)C1CCCC1. The van der Waals surface area contributed by atoms with E-state index in [-0.39, 0.29) is 35.6 Å². The third-order valence-corrected chi connectivity index (χ3v) is 5.35. The molecule has 0 bridgehead atoms. The number of ether oxygens (including phenoxy) is 2. The van der Waals surface area contributed by atoms with E-state index in [1.807, 2.05) is 27.7 Å². The van der Waals surface area contributed by atoms with E-state index in [2.05, 4.69) is 0 Å². The summed E-state index contributed by atoms with van der Waals surface area (Å²) >= 11 is 0. The van der Waals surface area contributed by atoms with Gasteiger partial charge in [0, 0.05) is 0 Å². The van der Waals surface area contributed by atoms with Crippen LogP contribution in [-0.4, -0.2) is 25.2 Å². The Labute approximate surface area is 158 Å². The molecule has 0 aromatic heterocycles. The summed E-state index contributed by atoms with van der Waals surface area (Å²) in [5.41, 5.74) is 1.28. The number of rotatable bonds is 8. The van der Waals surface area contributed by atoms with Crippen LogP contribution in [0.4, 0.5) is 0 Å². The molecule has 2 aliphatic carbocycles. The average molecular weight is 365 g/mol. The predicted octanol–water partition coefficient (Wildman–Crippen LogP) is 5.06. The van der Waals surface area contributed by atoms with E-state index in [0.29, 0.717) is 24.4 Å². The van der Waals surface area contributed by atoms with Crippen molar-refractivity contribution in [3.63, 3.8) is 0 Å². The molecule has 0 aliphatic heterocycles. The predicted molar refractivity (Wildman–Crippen MR) is 103 cm³/mol. The highest BCUT2D eigenvalue weighted by Gasteiger charge is 2.36. The third-order valence-electron chi connectivity index (χ3n) is 5.35.